The van der Waals surface area contributed by atoms with Crippen LogP contribution in [0.5, 0.6) is 0 Å². The summed E-state index contributed by atoms with van der Waals surface area (Å²) in [5, 5.41) is 5.59. The molecule has 0 saturated carbocycles. The van der Waals surface area contributed by atoms with Crippen LogP contribution in [-0.2, 0) is 4.79 Å². The van der Waals surface area contributed by atoms with Gasteiger partial charge in [-0.25, -0.2) is 9.97 Å². The van der Waals surface area contributed by atoms with Gasteiger partial charge in [-0.3, -0.25) is 9.59 Å². The van der Waals surface area contributed by atoms with Crippen LogP contribution >= 0.6 is 23.1 Å². The fourth-order valence-corrected chi connectivity index (χ4v) is 3.79. The van der Waals surface area contributed by atoms with Crippen LogP contribution in [0.15, 0.2) is 40.9 Å². The van der Waals surface area contributed by atoms with Crippen molar-refractivity contribution in [2.75, 3.05) is 11.1 Å². The molecule has 1 aromatic carbocycles. The average Bonchev–Trinajstić information content (AvgIpc) is 3.04. The van der Waals surface area contributed by atoms with Gasteiger partial charge in [0.1, 0.15) is 10.6 Å². The van der Waals surface area contributed by atoms with Crippen molar-refractivity contribution >= 4 is 56.5 Å². The smallest absolute Gasteiger partial charge is 0.237 e. The summed E-state index contributed by atoms with van der Waals surface area (Å²) in [5.41, 5.74) is 7.07. The van der Waals surface area contributed by atoms with Gasteiger partial charge in [0.05, 0.1) is 10.6 Å². The van der Waals surface area contributed by atoms with Crippen LogP contribution in [0.25, 0.3) is 10.2 Å². The molecule has 0 aliphatic heterocycles. The Hall–Kier alpha value is -2.45. The van der Waals surface area contributed by atoms with Crippen molar-refractivity contribution in [3.8, 4) is 0 Å². The van der Waals surface area contributed by atoms with Crippen LogP contribution in [0.1, 0.15) is 24.2 Å². The number of hydrogen-bond acceptors (Lipinski definition) is 7. The Morgan fingerprint density at radius 2 is 2.08 bits per heavy atom. The molecule has 0 spiro atoms. The molecule has 0 bridgehead atoms. The molecule has 3 rings (SSSR count). The summed E-state index contributed by atoms with van der Waals surface area (Å²) in [5.74, 6) is 0.168. The van der Waals surface area contributed by atoms with Crippen LogP contribution < -0.4 is 11.1 Å². The zero-order chi connectivity index (χ0) is 18.0. The van der Waals surface area contributed by atoms with E-state index in [1.807, 2.05) is 11.4 Å². The molecule has 6 nitrogen and oxygen atoms in total. The van der Waals surface area contributed by atoms with Crippen molar-refractivity contribution in [1.82, 2.24) is 9.97 Å². The summed E-state index contributed by atoms with van der Waals surface area (Å²) < 4.78 is 0. The number of thioether (sulfide) groups is 1. The number of nitrogens with zero attached hydrogens (tertiary/aromatic N) is 2. The van der Waals surface area contributed by atoms with E-state index in [1.165, 1.54) is 30.0 Å². The largest absolute Gasteiger partial charge is 0.383 e. The number of carbonyl (C=O) groups excluding carboxylic acids is 2. The van der Waals surface area contributed by atoms with Gasteiger partial charge < -0.3 is 11.1 Å². The zero-order valence-electron chi connectivity index (χ0n) is 13.6. The van der Waals surface area contributed by atoms with Crippen LogP contribution in [0.2, 0.25) is 0 Å². The number of nitrogen functional groups attached to an aromatic ring is 1. The molecule has 2 heterocycles. The molecule has 0 radical (unpaired) electrons. The number of rotatable bonds is 5. The van der Waals surface area contributed by atoms with E-state index in [-0.39, 0.29) is 11.7 Å². The Balaban J connectivity index is 1.71. The fourth-order valence-electron chi connectivity index (χ4n) is 2.18. The van der Waals surface area contributed by atoms with Gasteiger partial charge in [0.25, 0.3) is 0 Å². The van der Waals surface area contributed by atoms with Gasteiger partial charge in [0.2, 0.25) is 5.91 Å². The summed E-state index contributed by atoms with van der Waals surface area (Å²) >= 11 is 2.72. The molecule has 0 saturated heterocycles. The number of hydrogen-bond donors (Lipinski definition) is 2. The van der Waals surface area contributed by atoms with Crippen LogP contribution in [0.3, 0.4) is 0 Å². The van der Waals surface area contributed by atoms with E-state index in [0.29, 0.717) is 22.2 Å². The summed E-state index contributed by atoms with van der Waals surface area (Å²) in [6.45, 7) is 3.26. The number of thiophene rings is 1. The molecule has 8 heteroatoms. The number of aromatic nitrogens is 2. The molecule has 1 atom stereocenters. The van der Waals surface area contributed by atoms with Crippen LogP contribution in [0, 0.1) is 0 Å². The number of carbonyl (C=O) groups is 2. The first-order valence-electron chi connectivity index (χ1n) is 7.53. The van der Waals surface area contributed by atoms with Crippen molar-refractivity contribution in [3.63, 3.8) is 0 Å². The van der Waals surface area contributed by atoms with Gasteiger partial charge in [0.15, 0.2) is 10.9 Å². The van der Waals surface area contributed by atoms with Gasteiger partial charge in [0, 0.05) is 11.3 Å². The molecule has 1 amide bonds. The van der Waals surface area contributed by atoms with E-state index in [9.17, 15) is 9.59 Å². The van der Waals surface area contributed by atoms with E-state index in [1.54, 1.807) is 31.2 Å². The van der Waals surface area contributed by atoms with Gasteiger partial charge in [-0.2, -0.15) is 0 Å². The lowest BCUT2D eigenvalue weighted by molar-refractivity contribution is -0.115. The molecule has 128 valence electrons. The Labute approximate surface area is 152 Å². The summed E-state index contributed by atoms with van der Waals surface area (Å²) in [7, 11) is 0. The van der Waals surface area contributed by atoms with Gasteiger partial charge in [-0.1, -0.05) is 23.9 Å². The maximum atomic E-state index is 12.4. The third-order valence-electron chi connectivity index (χ3n) is 3.52. The summed E-state index contributed by atoms with van der Waals surface area (Å²) in [6.07, 6.45) is 0. The van der Waals surface area contributed by atoms with Crippen LogP contribution in [0.4, 0.5) is 11.5 Å². The number of ketones is 1. The van der Waals surface area contributed by atoms with E-state index >= 15 is 0 Å². The Morgan fingerprint density at radius 1 is 1.28 bits per heavy atom. The Kier molecular flexibility index (Phi) is 5.00. The average molecular weight is 372 g/mol. The third kappa shape index (κ3) is 3.97. The number of amides is 1. The molecule has 0 fully saturated rings. The molecule has 2 aromatic heterocycles. The number of benzene rings is 1. The Bertz CT molecular complexity index is 955. The zero-order valence-corrected chi connectivity index (χ0v) is 15.3. The second-order valence-electron chi connectivity index (χ2n) is 5.42. The number of Topliss-reactive ketones (excluding diaryl/α,β-unsaturated/α-hetero) is 1. The van der Waals surface area contributed by atoms with Crippen LogP contribution in [-0.4, -0.2) is 26.9 Å². The first-order chi connectivity index (χ1) is 11.9. The molecular weight excluding hydrogens is 356 g/mol. The van der Waals surface area contributed by atoms with E-state index < -0.39 is 5.25 Å². The monoisotopic (exact) mass is 372 g/mol. The number of fused-ring (bicyclic) bond motifs is 1. The molecule has 3 aromatic rings. The first-order valence-corrected chi connectivity index (χ1v) is 9.29. The number of anilines is 2. The molecule has 25 heavy (non-hydrogen) atoms. The fraction of sp³-hybridized carbons (Fsp3) is 0.176. The van der Waals surface area contributed by atoms with Crippen molar-refractivity contribution < 1.29 is 9.59 Å². The first kappa shape index (κ1) is 17.4. The van der Waals surface area contributed by atoms with Crippen molar-refractivity contribution in [2.45, 2.75) is 24.3 Å². The third-order valence-corrected chi connectivity index (χ3v) is 5.29. The normalized spacial score (nSPS) is 12.1. The highest BCUT2D eigenvalue weighted by Gasteiger charge is 2.18. The minimum absolute atomic E-state index is 0.0494. The highest BCUT2D eigenvalue weighted by Crippen LogP contribution is 2.28. The lowest BCUT2D eigenvalue weighted by Crippen LogP contribution is -2.22. The van der Waals surface area contributed by atoms with E-state index in [0.717, 1.165) is 10.2 Å². The highest BCUT2D eigenvalue weighted by atomic mass is 32.2. The van der Waals surface area contributed by atoms with E-state index in [2.05, 4.69) is 15.3 Å². The minimum atomic E-state index is -0.419. The molecule has 0 aliphatic carbocycles. The van der Waals surface area contributed by atoms with Crippen molar-refractivity contribution in [1.29, 1.82) is 0 Å². The predicted octanol–water partition coefficient (Wildman–Crippen LogP) is 3.60. The van der Waals surface area contributed by atoms with Gasteiger partial charge in [-0.05, 0) is 37.4 Å². The minimum Gasteiger partial charge on any atom is -0.383 e. The topological polar surface area (TPSA) is 98.0 Å². The maximum absolute atomic E-state index is 12.4. The second-order valence-corrected chi connectivity index (χ2v) is 7.62. The van der Waals surface area contributed by atoms with Crippen molar-refractivity contribution in [3.05, 3.63) is 41.3 Å². The van der Waals surface area contributed by atoms with Gasteiger partial charge in [-0.15, -0.1) is 11.3 Å². The number of nitrogens with two attached hydrogens (primary N) is 1. The quantitative estimate of drug-likeness (QED) is 0.403. The van der Waals surface area contributed by atoms with E-state index in [4.69, 9.17) is 5.73 Å². The lowest BCUT2D eigenvalue weighted by atomic mass is 10.1. The maximum Gasteiger partial charge on any atom is 0.237 e. The predicted molar refractivity (Wildman–Crippen MR) is 102 cm³/mol. The lowest BCUT2D eigenvalue weighted by Gasteiger charge is -2.12. The summed E-state index contributed by atoms with van der Waals surface area (Å²) in [4.78, 5) is 33.3. The molecule has 0 unspecified atom stereocenters. The molecular formula is C17H16N4O2S2. The van der Waals surface area contributed by atoms with Gasteiger partial charge >= 0.3 is 0 Å². The number of nitrogens with one attached hydrogen (secondary N) is 1. The molecule has 0 aliphatic rings. The Morgan fingerprint density at radius 3 is 2.84 bits per heavy atom. The van der Waals surface area contributed by atoms with Crippen molar-refractivity contribution in [2.24, 2.45) is 0 Å². The standard InChI is InChI=1S/C17H16N4O2S2/c1-9(22)11-4-3-5-12(8-11)19-15(23)10(2)25-17-20-14(18)13-6-7-24-16(13)21-17/h3-8,10H,1-2H3,(H,19,23)(H2,18,20,21)/t10-/m1/s1. The second kappa shape index (κ2) is 7.20. The highest BCUT2D eigenvalue weighted by molar-refractivity contribution is 8.00. The SMILES string of the molecule is CC(=O)c1cccc(NC(=O)[C@@H](C)Sc2nc(N)c3ccsc3n2)c1. The summed E-state index contributed by atoms with van der Waals surface area (Å²) in [6, 6.07) is 8.72. The molecule has 3 N–H and O–H groups in total.